The fraction of sp³-hybridized carbons (Fsp3) is 0.625. The van der Waals surface area contributed by atoms with Gasteiger partial charge in [0.2, 0.25) is 0 Å². The van der Waals surface area contributed by atoms with Gasteiger partial charge >= 0.3 is 0 Å². The molecule has 0 aliphatic carbocycles. The van der Waals surface area contributed by atoms with Gasteiger partial charge in [-0.3, -0.25) is 0 Å². The van der Waals surface area contributed by atoms with Crippen LogP contribution in [0.1, 0.15) is 50.3 Å². The maximum absolute atomic E-state index is 3.69. The van der Waals surface area contributed by atoms with E-state index in [-0.39, 0.29) is 0 Å². The third-order valence-corrected chi connectivity index (χ3v) is 5.21. The molecule has 2 unspecified atom stereocenters. The standard InChI is InChI=1S/C16H25NS/c1-3-14-7-9-15(10-8-14)13(2)17-12-16-6-4-5-11-18-16/h7-10,13,16-17H,3-6,11-12H2,1-2H3. The van der Waals surface area contributed by atoms with Crippen molar-refractivity contribution in [3.05, 3.63) is 35.4 Å². The zero-order valence-electron chi connectivity index (χ0n) is 11.6. The second kappa shape index (κ2) is 7.20. The molecule has 2 rings (SSSR count). The lowest BCUT2D eigenvalue weighted by Crippen LogP contribution is -2.28. The minimum absolute atomic E-state index is 0.471. The fourth-order valence-corrected chi connectivity index (χ4v) is 3.69. The van der Waals surface area contributed by atoms with Gasteiger partial charge in [-0.2, -0.15) is 11.8 Å². The van der Waals surface area contributed by atoms with Gasteiger partial charge in [0.1, 0.15) is 0 Å². The molecule has 100 valence electrons. The van der Waals surface area contributed by atoms with E-state index in [1.165, 1.54) is 36.1 Å². The number of aryl methyl sites for hydroxylation is 1. The first-order valence-electron chi connectivity index (χ1n) is 7.23. The van der Waals surface area contributed by atoms with Crippen molar-refractivity contribution in [2.24, 2.45) is 0 Å². The first kappa shape index (κ1) is 14.0. The highest BCUT2D eigenvalue weighted by molar-refractivity contribution is 7.99. The van der Waals surface area contributed by atoms with Gasteiger partial charge < -0.3 is 5.32 Å². The second-order valence-corrected chi connectivity index (χ2v) is 6.62. The molecule has 0 aromatic heterocycles. The van der Waals surface area contributed by atoms with Crippen LogP contribution in [0.2, 0.25) is 0 Å². The average Bonchev–Trinajstić information content (AvgIpc) is 2.46. The molecule has 1 heterocycles. The summed E-state index contributed by atoms with van der Waals surface area (Å²) >= 11 is 2.14. The van der Waals surface area contributed by atoms with E-state index < -0.39 is 0 Å². The first-order chi connectivity index (χ1) is 8.79. The van der Waals surface area contributed by atoms with E-state index >= 15 is 0 Å². The molecule has 1 aliphatic rings. The Kier molecular flexibility index (Phi) is 5.58. The molecule has 0 spiro atoms. The minimum atomic E-state index is 0.471. The summed E-state index contributed by atoms with van der Waals surface area (Å²) in [5.74, 6) is 1.35. The smallest absolute Gasteiger partial charge is 0.0292 e. The van der Waals surface area contributed by atoms with Gasteiger partial charge in [-0.25, -0.2) is 0 Å². The van der Waals surface area contributed by atoms with Crippen molar-refractivity contribution < 1.29 is 0 Å². The highest BCUT2D eigenvalue weighted by Gasteiger charge is 2.14. The Labute approximate surface area is 116 Å². The molecular weight excluding hydrogens is 238 g/mol. The highest BCUT2D eigenvalue weighted by atomic mass is 32.2. The number of thioether (sulfide) groups is 1. The zero-order valence-corrected chi connectivity index (χ0v) is 12.4. The molecule has 2 heteroatoms. The van der Waals surface area contributed by atoms with Crippen LogP contribution in [0.3, 0.4) is 0 Å². The van der Waals surface area contributed by atoms with E-state index in [4.69, 9.17) is 0 Å². The number of rotatable bonds is 5. The van der Waals surface area contributed by atoms with Crippen LogP contribution >= 0.6 is 11.8 Å². The molecule has 1 aromatic carbocycles. The molecule has 0 radical (unpaired) electrons. The van der Waals surface area contributed by atoms with Crippen molar-refractivity contribution >= 4 is 11.8 Å². The summed E-state index contributed by atoms with van der Waals surface area (Å²) in [6, 6.07) is 9.51. The normalized spacial score (nSPS) is 21.8. The summed E-state index contributed by atoms with van der Waals surface area (Å²) in [7, 11) is 0. The van der Waals surface area contributed by atoms with Crippen LogP contribution in [0.15, 0.2) is 24.3 Å². The second-order valence-electron chi connectivity index (χ2n) is 5.21. The largest absolute Gasteiger partial charge is 0.309 e. The van der Waals surface area contributed by atoms with E-state index in [0.717, 1.165) is 18.2 Å². The Morgan fingerprint density at radius 3 is 2.67 bits per heavy atom. The third kappa shape index (κ3) is 4.03. The molecule has 2 atom stereocenters. The lowest BCUT2D eigenvalue weighted by atomic mass is 10.0. The number of benzene rings is 1. The molecule has 1 N–H and O–H groups in total. The van der Waals surface area contributed by atoms with Gasteiger partial charge in [-0.15, -0.1) is 0 Å². The molecule has 0 bridgehead atoms. The molecule has 1 nitrogen and oxygen atoms in total. The molecule has 18 heavy (non-hydrogen) atoms. The van der Waals surface area contributed by atoms with E-state index in [0.29, 0.717) is 6.04 Å². The third-order valence-electron chi connectivity index (χ3n) is 3.81. The Hall–Kier alpha value is -0.470. The lowest BCUT2D eigenvalue weighted by molar-refractivity contribution is 0.538. The van der Waals surface area contributed by atoms with Crippen molar-refractivity contribution in [3.8, 4) is 0 Å². The van der Waals surface area contributed by atoms with Crippen LogP contribution < -0.4 is 5.32 Å². The van der Waals surface area contributed by atoms with Gasteiger partial charge in [0.25, 0.3) is 0 Å². The highest BCUT2D eigenvalue weighted by Crippen LogP contribution is 2.25. The predicted molar refractivity (Wildman–Crippen MR) is 82.3 cm³/mol. The van der Waals surface area contributed by atoms with Crippen molar-refractivity contribution in [1.82, 2.24) is 5.32 Å². The summed E-state index contributed by atoms with van der Waals surface area (Å²) in [5, 5.41) is 4.51. The molecule has 1 fully saturated rings. The van der Waals surface area contributed by atoms with Gasteiger partial charge in [0.15, 0.2) is 0 Å². The van der Waals surface area contributed by atoms with Crippen LogP contribution in [0.5, 0.6) is 0 Å². The summed E-state index contributed by atoms with van der Waals surface area (Å²) in [6.07, 6.45) is 5.34. The van der Waals surface area contributed by atoms with Crippen molar-refractivity contribution in [2.45, 2.75) is 50.8 Å². The molecular formula is C16H25NS. The molecule has 1 aliphatic heterocycles. The monoisotopic (exact) mass is 263 g/mol. The Morgan fingerprint density at radius 2 is 2.06 bits per heavy atom. The number of nitrogens with one attached hydrogen (secondary N) is 1. The summed E-state index contributed by atoms with van der Waals surface area (Å²) in [5.41, 5.74) is 2.83. The van der Waals surface area contributed by atoms with E-state index in [2.05, 4.69) is 55.2 Å². The maximum atomic E-state index is 3.69. The zero-order chi connectivity index (χ0) is 12.8. The fourth-order valence-electron chi connectivity index (χ4n) is 2.44. The van der Waals surface area contributed by atoms with E-state index in [1.807, 2.05) is 0 Å². The first-order valence-corrected chi connectivity index (χ1v) is 8.28. The lowest BCUT2D eigenvalue weighted by Gasteiger charge is -2.24. The SMILES string of the molecule is CCc1ccc(C(C)NCC2CCCCS2)cc1. The van der Waals surface area contributed by atoms with Crippen LogP contribution in [0.25, 0.3) is 0 Å². The number of hydrogen-bond acceptors (Lipinski definition) is 2. The average molecular weight is 263 g/mol. The predicted octanol–water partition coefficient (Wildman–Crippen LogP) is 4.19. The van der Waals surface area contributed by atoms with Gasteiger partial charge in [0, 0.05) is 17.8 Å². The quantitative estimate of drug-likeness (QED) is 0.855. The molecule has 0 saturated carbocycles. The topological polar surface area (TPSA) is 12.0 Å². The minimum Gasteiger partial charge on any atom is -0.309 e. The van der Waals surface area contributed by atoms with Crippen LogP contribution in [0, 0.1) is 0 Å². The van der Waals surface area contributed by atoms with Gasteiger partial charge in [-0.05, 0) is 43.1 Å². The Balaban J connectivity index is 1.80. The van der Waals surface area contributed by atoms with Gasteiger partial charge in [-0.1, -0.05) is 37.6 Å². The van der Waals surface area contributed by atoms with Crippen LogP contribution in [-0.4, -0.2) is 17.5 Å². The maximum Gasteiger partial charge on any atom is 0.0292 e. The number of hydrogen-bond donors (Lipinski definition) is 1. The summed E-state index contributed by atoms with van der Waals surface area (Å²) < 4.78 is 0. The summed E-state index contributed by atoms with van der Waals surface area (Å²) in [4.78, 5) is 0. The Bertz CT molecular complexity index is 341. The molecule has 0 amide bonds. The van der Waals surface area contributed by atoms with E-state index in [1.54, 1.807) is 0 Å². The van der Waals surface area contributed by atoms with Crippen molar-refractivity contribution in [1.29, 1.82) is 0 Å². The molecule has 1 aromatic rings. The van der Waals surface area contributed by atoms with E-state index in [9.17, 15) is 0 Å². The van der Waals surface area contributed by atoms with Crippen LogP contribution in [0.4, 0.5) is 0 Å². The van der Waals surface area contributed by atoms with Gasteiger partial charge in [0.05, 0.1) is 0 Å². The van der Waals surface area contributed by atoms with Crippen molar-refractivity contribution in [3.63, 3.8) is 0 Å². The van der Waals surface area contributed by atoms with Crippen LogP contribution in [-0.2, 0) is 6.42 Å². The van der Waals surface area contributed by atoms with Crippen molar-refractivity contribution in [2.75, 3.05) is 12.3 Å². The summed E-state index contributed by atoms with van der Waals surface area (Å²) in [6.45, 7) is 5.63. The molecule has 1 saturated heterocycles. The Morgan fingerprint density at radius 1 is 1.28 bits per heavy atom.